The Labute approximate surface area is 113 Å². The molecule has 0 amide bonds. The normalized spacial score (nSPS) is 11.4. The molecule has 1 N–H and O–H groups in total. The Balaban J connectivity index is 3.05. The largest absolute Gasteiger partial charge is 0.492 e. The standard InChI is InChI=1S/C14H19ClO3/c1-5-18-12-6-9(2)10(7-11(12)15)8-14(3,4)13(16)17/h6-7H,5,8H2,1-4H3,(H,16,17). The fourth-order valence-corrected chi connectivity index (χ4v) is 1.95. The Hall–Kier alpha value is -1.22. The van der Waals surface area contributed by atoms with Crippen molar-refractivity contribution in [3.8, 4) is 5.75 Å². The third kappa shape index (κ3) is 3.39. The molecule has 0 unspecified atom stereocenters. The zero-order chi connectivity index (χ0) is 13.9. The molecular weight excluding hydrogens is 252 g/mol. The number of hydrogen-bond acceptors (Lipinski definition) is 2. The van der Waals surface area contributed by atoms with Gasteiger partial charge in [0.25, 0.3) is 0 Å². The number of halogens is 1. The van der Waals surface area contributed by atoms with Crippen molar-refractivity contribution in [2.75, 3.05) is 6.61 Å². The van der Waals surface area contributed by atoms with E-state index < -0.39 is 11.4 Å². The number of aliphatic carboxylic acids is 1. The number of rotatable bonds is 5. The minimum absolute atomic E-state index is 0.445. The molecule has 4 heteroatoms. The molecule has 0 aliphatic heterocycles. The van der Waals surface area contributed by atoms with Crippen molar-refractivity contribution in [3.63, 3.8) is 0 Å². The number of carbonyl (C=O) groups is 1. The average Bonchev–Trinajstić information content (AvgIpc) is 2.25. The van der Waals surface area contributed by atoms with E-state index in [9.17, 15) is 4.79 Å². The van der Waals surface area contributed by atoms with E-state index in [2.05, 4.69) is 0 Å². The van der Waals surface area contributed by atoms with Crippen LogP contribution in [0.1, 0.15) is 31.9 Å². The minimum atomic E-state index is -0.813. The smallest absolute Gasteiger partial charge is 0.309 e. The van der Waals surface area contributed by atoms with E-state index in [1.165, 1.54) is 0 Å². The minimum Gasteiger partial charge on any atom is -0.492 e. The number of benzene rings is 1. The number of ether oxygens (including phenoxy) is 1. The van der Waals surface area contributed by atoms with Gasteiger partial charge >= 0.3 is 5.97 Å². The van der Waals surface area contributed by atoms with Crippen LogP contribution in [0.5, 0.6) is 5.75 Å². The topological polar surface area (TPSA) is 46.5 Å². The molecule has 100 valence electrons. The van der Waals surface area contributed by atoms with E-state index in [-0.39, 0.29) is 0 Å². The predicted molar refractivity (Wildman–Crippen MR) is 72.5 cm³/mol. The van der Waals surface area contributed by atoms with Crippen LogP contribution < -0.4 is 4.74 Å². The predicted octanol–water partition coefficient (Wildman–Crippen LogP) is 3.70. The van der Waals surface area contributed by atoms with Gasteiger partial charge in [-0.05, 0) is 57.4 Å². The Kier molecular flexibility index (Phi) is 4.63. The van der Waals surface area contributed by atoms with E-state index in [1.807, 2.05) is 19.9 Å². The van der Waals surface area contributed by atoms with Crippen molar-refractivity contribution in [1.29, 1.82) is 0 Å². The van der Waals surface area contributed by atoms with Gasteiger partial charge in [0, 0.05) is 0 Å². The fourth-order valence-electron chi connectivity index (χ4n) is 1.70. The van der Waals surface area contributed by atoms with E-state index in [4.69, 9.17) is 21.4 Å². The van der Waals surface area contributed by atoms with Crippen LogP contribution in [0.25, 0.3) is 0 Å². The Morgan fingerprint density at radius 3 is 2.56 bits per heavy atom. The van der Waals surface area contributed by atoms with Crippen molar-refractivity contribution < 1.29 is 14.6 Å². The van der Waals surface area contributed by atoms with Gasteiger partial charge in [-0.15, -0.1) is 0 Å². The quantitative estimate of drug-likeness (QED) is 0.887. The van der Waals surface area contributed by atoms with Crippen LogP contribution in [0.3, 0.4) is 0 Å². The van der Waals surface area contributed by atoms with Crippen LogP contribution in [0.2, 0.25) is 5.02 Å². The highest BCUT2D eigenvalue weighted by Crippen LogP contribution is 2.32. The van der Waals surface area contributed by atoms with Gasteiger partial charge in [0.2, 0.25) is 0 Å². The lowest BCUT2D eigenvalue weighted by molar-refractivity contribution is -0.146. The van der Waals surface area contributed by atoms with Gasteiger partial charge in [-0.2, -0.15) is 0 Å². The van der Waals surface area contributed by atoms with E-state index >= 15 is 0 Å². The lowest BCUT2D eigenvalue weighted by atomic mass is 9.84. The molecule has 1 aromatic carbocycles. The van der Waals surface area contributed by atoms with E-state index in [0.29, 0.717) is 23.8 Å². The SMILES string of the molecule is CCOc1cc(C)c(CC(C)(C)C(=O)O)cc1Cl. The van der Waals surface area contributed by atoms with Crippen LogP contribution in [-0.4, -0.2) is 17.7 Å². The van der Waals surface area contributed by atoms with Gasteiger partial charge in [-0.25, -0.2) is 0 Å². The van der Waals surface area contributed by atoms with Crippen molar-refractivity contribution in [2.24, 2.45) is 5.41 Å². The van der Waals surface area contributed by atoms with Crippen molar-refractivity contribution in [3.05, 3.63) is 28.3 Å². The molecule has 1 aromatic rings. The number of carboxylic acid groups (broad SMARTS) is 1. The summed E-state index contributed by atoms with van der Waals surface area (Å²) < 4.78 is 5.40. The molecule has 0 saturated carbocycles. The summed E-state index contributed by atoms with van der Waals surface area (Å²) in [5.41, 5.74) is 1.13. The molecule has 0 saturated heterocycles. The first-order valence-corrected chi connectivity index (χ1v) is 6.31. The summed E-state index contributed by atoms with van der Waals surface area (Å²) in [5, 5.41) is 9.67. The number of aryl methyl sites for hydroxylation is 1. The molecule has 0 aliphatic rings. The van der Waals surface area contributed by atoms with Crippen LogP contribution in [0.15, 0.2) is 12.1 Å². The van der Waals surface area contributed by atoms with E-state index in [0.717, 1.165) is 11.1 Å². The molecule has 0 atom stereocenters. The lowest BCUT2D eigenvalue weighted by Gasteiger charge is -2.21. The highest BCUT2D eigenvalue weighted by molar-refractivity contribution is 6.32. The summed E-state index contributed by atoms with van der Waals surface area (Å²) in [5.74, 6) is -0.166. The fraction of sp³-hybridized carbons (Fsp3) is 0.500. The first-order chi connectivity index (χ1) is 8.27. The molecule has 0 aromatic heterocycles. The summed E-state index contributed by atoms with van der Waals surface area (Å²) in [6.07, 6.45) is 0.445. The molecule has 0 radical (unpaired) electrons. The zero-order valence-corrected chi connectivity index (χ0v) is 12.0. The summed E-state index contributed by atoms with van der Waals surface area (Å²) in [4.78, 5) is 11.1. The molecular formula is C14H19ClO3. The summed E-state index contributed by atoms with van der Waals surface area (Å²) in [6.45, 7) is 7.80. The lowest BCUT2D eigenvalue weighted by Crippen LogP contribution is -2.26. The second-order valence-corrected chi connectivity index (χ2v) is 5.42. The molecule has 18 heavy (non-hydrogen) atoms. The molecule has 0 fully saturated rings. The summed E-state index contributed by atoms with van der Waals surface area (Å²) in [6, 6.07) is 3.66. The highest BCUT2D eigenvalue weighted by Gasteiger charge is 2.28. The van der Waals surface area contributed by atoms with Crippen molar-refractivity contribution in [2.45, 2.75) is 34.1 Å². The maximum absolute atomic E-state index is 11.1. The van der Waals surface area contributed by atoms with Crippen LogP contribution in [-0.2, 0) is 11.2 Å². The summed E-state index contributed by atoms with van der Waals surface area (Å²) in [7, 11) is 0. The molecule has 0 spiro atoms. The number of carboxylic acids is 1. The Bertz CT molecular complexity index is 453. The first-order valence-electron chi connectivity index (χ1n) is 5.93. The van der Waals surface area contributed by atoms with Gasteiger partial charge < -0.3 is 9.84 Å². The molecule has 0 heterocycles. The molecule has 1 rings (SSSR count). The van der Waals surface area contributed by atoms with Crippen LogP contribution in [0.4, 0.5) is 0 Å². The van der Waals surface area contributed by atoms with E-state index in [1.54, 1.807) is 19.9 Å². The first kappa shape index (κ1) is 14.8. The zero-order valence-electron chi connectivity index (χ0n) is 11.2. The van der Waals surface area contributed by atoms with Crippen LogP contribution >= 0.6 is 11.6 Å². The van der Waals surface area contributed by atoms with Gasteiger partial charge in [0.15, 0.2) is 0 Å². The Morgan fingerprint density at radius 1 is 1.44 bits per heavy atom. The third-order valence-electron chi connectivity index (χ3n) is 2.90. The van der Waals surface area contributed by atoms with Crippen molar-refractivity contribution >= 4 is 17.6 Å². The van der Waals surface area contributed by atoms with Gasteiger partial charge in [0.05, 0.1) is 17.0 Å². The second-order valence-electron chi connectivity index (χ2n) is 5.01. The summed E-state index contributed by atoms with van der Waals surface area (Å²) >= 11 is 6.12. The van der Waals surface area contributed by atoms with Crippen molar-refractivity contribution in [1.82, 2.24) is 0 Å². The van der Waals surface area contributed by atoms with Gasteiger partial charge in [-0.3, -0.25) is 4.79 Å². The van der Waals surface area contributed by atoms with Gasteiger partial charge in [0.1, 0.15) is 5.75 Å². The Morgan fingerprint density at radius 2 is 2.06 bits per heavy atom. The monoisotopic (exact) mass is 270 g/mol. The third-order valence-corrected chi connectivity index (χ3v) is 3.20. The second kappa shape index (κ2) is 5.61. The molecule has 0 aliphatic carbocycles. The number of hydrogen-bond donors (Lipinski definition) is 1. The highest BCUT2D eigenvalue weighted by atomic mass is 35.5. The average molecular weight is 271 g/mol. The van der Waals surface area contributed by atoms with Gasteiger partial charge in [-0.1, -0.05) is 11.6 Å². The maximum Gasteiger partial charge on any atom is 0.309 e. The molecule has 3 nitrogen and oxygen atoms in total. The maximum atomic E-state index is 11.1. The van der Waals surface area contributed by atoms with Crippen LogP contribution in [0, 0.1) is 12.3 Å². The molecule has 0 bridgehead atoms.